The summed E-state index contributed by atoms with van der Waals surface area (Å²) in [5.41, 5.74) is -0.607. The highest BCUT2D eigenvalue weighted by Gasteiger charge is 2.40. The normalized spacial score (nSPS) is 14.1. The van der Waals surface area contributed by atoms with E-state index in [0.29, 0.717) is 4.90 Å². The molecule has 1 fully saturated rings. The summed E-state index contributed by atoms with van der Waals surface area (Å²) in [4.78, 5) is 38.8. The van der Waals surface area contributed by atoms with Crippen LogP contribution in [0, 0.1) is 5.82 Å². The number of carboxylic acid groups (broad SMARTS) is 3. The Labute approximate surface area is 248 Å². The number of aromatic nitrogens is 1. The number of nitrogens with one attached hydrogen (secondary N) is 1. The molecule has 0 radical (unpaired) electrons. The standard InChI is InChI=1S/C17H23N3O2S.C6H5F.C6H8O7/c1-3-10-23(21,22)15-4-5-17-16(11-15)14(12-18-17)13-20-8-6-19(2)7-9-20;7-6-4-2-1-3-5-6;7-3(8)1-6(13,5(11)12)2-4(9)10/h3-5,11-12,18H,1,6-10,13H2,2H3;1-5H;13H,1-2H2,(H,7,8)(H,9,10)(H,11,12). The van der Waals surface area contributed by atoms with E-state index in [0.717, 1.165) is 49.2 Å². The van der Waals surface area contributed by atoms with Gasteiger partial charge in [0.15, 0.2) is 15.4 Å². The number of hydrogen-bond acceptors (Lipinski definition) is 8. The van der Waals surface area contributed by atoms with Gasteiger partial charge in [-0.05, 0) is 42.9 Å². The van der Waals surface area contributed by atoms with Crippen molar-refractivity contribution in [3.8, 4) is 0 Å². The van der Waals surface area contributed by atoms with Crippen LogP contribution < -0.4 is 0 Å². The molecule has 0 atom stereocenters. The Balaban J connectivity index is 0.000000271. The van der Waals surface area contributed by atoms with E-state index in [4.69, 9.17) is 20.4 Å². The summed E-state index contributed by atoms with van der Waals surface area (Å²) in [6.07, 6.45) is 1.14. The van der Waals surface area contributed by atoms with E-state index < -0.39 is 46.2 Å². The quantitative estimate of drug-likeness (QED) is 0.209. The number of H-pyrrole nitrogens is 1. The largest absolute Gasteiger partial charge is 0.481 e. The second kappa shape index (κ2) is 15.9. The highest BCUT2D eigenvalue weighted by molar-refractivity contribution is 7.91. The van der Waals surface area contributed by atoms with Crippen LogP contribution in [0.25, 0.3) is 10.9 Å². The number of aliphatic hydroxyl groups is 1. The summed E-state index contributed by atoms with van der Waals surface area (Å²) < 4.78 is 36.4. The number of aromatic amines is 1. The molecular weight excluding hydrogens is 585 g/mol. The number of halogens is 1. The Morgan fingerprint density at radius 2 is 1.58 bits per heavy atom. The van der Waals surface area contributed by atoms with Crippen LogP contribution in [0.2, 0.25) is 0 Å². The molecule has 1 saturated heterocycles. The molecule has 0 spiro atoms. The second-order valence-electron chi connectivity index (χ2n) is 9.94. The summed E-state index contributed by atoms with van der Waals surface area (Å²) >= 11 is 0. The minimum Gasteiger partial charge on any atom is -0.481 e. The zero-order valence-electron chi connectivity index (χ0n) is 23.6. The molecule has 1 aromatic heterocycles. The first-order valence-electron chi connectivity index (χ1n) is 13.1. The van der Waals surface area contributed by atoms with E-state index in [1.54, 1.807) is 30.3 Å². The molecule has 0 saturated carbocycles. The third-order valence-corrected chi connectivity index (χ3v) is 8.09. The maximum absolute atomic E-state index is 12.2. The number of aliphatic carboxylic acids is 3. The number of benzene rings is 2. The van der Waals surface area contributed by atoms with Crippen molar-refractivity contribution in [3.63, 3.8) is 0 Å². The molecule has 43 heavy (non-hydrogen) atoms. The van der Waals surface area contributed by atoms with Gasteiger partial charge in [-0.15, -0.1) is 6.58 Å². The first-order valence-corrected chi connectivity index (χ1v) is 14.8. The van der Waals surface area contributed by atoms with Crippen LogP contribution in [0.1, 0.15) is 18.4 Å². The molecule has 12 nitrogen and oxygen atoms in total. The zero-order valence-corrected chi connectivity index (χ0v) is 24.5. The fourth-order valence-electron chi connectivity index (χ4n) is 4.11. The number of sulfone groups is 1. The lowest BCUT2D eigenvalue weighted by atomic mass is 9.96. The fourth-order valence-corrected chi connectivity index (χ4v) is 5.18. The number of hydrogen-bond donors (Lipinski definition) is 5. The van der Waals surface area contributed by atoms with Crippen molar-refractivity contribution < 1.29 is 47.6 Å². The van der Waals surface area contributed by atoms with Gasteiger partial charge >= 0.3 is 17.9 Å². The van der Waals surface area contributed by atoms with Crippen molar-refractivity contribution in [2.75, 3.05) is 39.0 Å². The third kappa shape index (κ3) is 11.2. The topological polar surface area (TPSA) is 189 Å². The number of piperazine rings is 1. The minimum atomic E-state index is -3.29. The Kier molecular flexibility index (Phi) is 13.0. The van der Waals surface area contributed by atoms with E-state index in [9.17, 15) is 27.2 Å². The molecule has 0 bridgehead atoms. The highest BCUT2D eigenvalue weighted by atomic mass is 32.2. The fraction of sp³-hybridized carbons (Fsp3) is 0.345. The van der Waals surface area contributed by atoms with Gasteiger partial charge < -0.3 is 30.3 Å². The summed E-state index contributed by atoms with van der Waals surface area (Å²) in [6.45, 7) is 8.59. The maximum Gasteiger partial charge on any atom is 0.336 e. The Hall–Kier alpha value is -4.11. The van der Waals surface area contributed by atoms with Gasteiger partial charge in [-0.25, -0.2) is 17.6 Å². The molecule has 0 unspecified atom stereocenters. The predicted molar refractivity (Wildman–Crippen MR) is 157 cm³/mol. The van der Waals surface area contributed by atoms with Crippen LogP contribution in [0.15, 0.2) is 72.3 Å². The number of carbonyl (C=O) groups is 3. The molecule has 1 aliphatic rings. The smallest absolute Gasteiger partial charge is 0.336 e. The molecule has 3 aromatic rings. The average Bonchev–Trinajstić information content (AvgIpc) is 3.32. The van der Waals surface area contributed by atoms with E-state index >= 15 is 0 Å². The zero-order chi connectivity index (χ0) is 32.2. The number of fused-ring (bicyclic) bond motifs is 1. The Morgan fingerprint density at radius 3 is 2.05 bits per heavy atom. The molecule has 2 aromatic carbocycles. The molecule has 4 rings (SSSR count). The molecule has 0 amide bonds. The third-order valence-electron chi connectivity index (χ3n) is 6.44. The van der Waals surface area contributed by atoms with Crippen molar-refractivity contribution in [3.05, 3.63) is 78.8 Å². The van der Waals surface area contributed by atoms with Crippen molar-refractivity contribution in [2.45, 2.75) is 29.9 Å². The number of nitrogens with zero attached hydrogens (tertiary/aromatic N) is 2. The highest BCUT2D eigenvalue weighted by Crippen LogP contribution is 2.24. The number of carboxylic acids is 3. The Morgan fingerprint density at radius 1 is 1.00 bits per heavy atom. The van der Waals surface area contributed by atoms with Crippen LogP contribution in [0.4, 0.5) is 4.39 Å². The van der Waals surface area contributed by atoms with Crippen LogP contribution >= 0.6 is 0 Å². The second-order valence-corrected chi connectivity index (χ2v) is 12.0. The van der Waals surface area contributed by atoms with Crippen LogP contribution in [0.3, 0.4) is 0 Å². The van der Waals surface area contributed by atoms with Crippen LogP contribution in [-0.2, 0) is 30.8 Å². The molecule has 1 aliphatic heterocycles. The van der Waals surface area contributed by atoms with E-state index in [1.807, 2.05) is 12.3 Å². The van der Waals surface area contributed by atoms with Gasteiger partial charge in [0.05, 0.1) is 23.5 Å². The molecule has 5 N–H and O–H groups in total. The first kappa shape index (κ1) is 35.1. The summed E-state index contributed by atoms with van der Waals surface area (Å²) in [6, 6.07) is 13.2. The SMILES string of the molecule is C=CCS(=O)(=O)c1ccc2[nH]cc(CN3CCN(C)CC3)c2c1.Fc1ccccc1.O=C(O)CC(O)(CC(=O)O)C(=O)O. The average molecular weight is 622 g/mol. The molecule has 2 heterocycles. The maximum atomic E-state index is 12.2. The minimum absolute atomic E-state index is 0.0310. The van der Waals surface area contributed by atoms with E-state index in [1.165, 1.54) is 18.2 Å². The van der Waals surface area contributed by atoms with E-state index in [2.05, 4.69) is 28.4 Å². The summed E-state index contributed by atoms with van der Waals surface area (Å²) in [5, 5.41) is 34.8. The summed E-state index contributed by atoms with van der Waals surface area (Å²) in [5.74, 6) is -5.23. The number of rotatable bonds is 10. The van der Waals surface area contributed by atoms with Crippen molar-refractivity contribution in [1.82, 2.24) is 14.8 Å². The Bertz CT molecular complexity index is 1490. The first-order chi connectivity index (χ1) is 20.2. The lowest BCUT2D eigenvalue weighted by molar-refractivity contribution is -0.170. The lowest BCUT2D eigenvalue weighted by Gasteiger charge is -2.32. The van der Waals surface area contributed by atoms with Crippen molar-refractivity contribution >= 4 is 38.6 Å². The van der Waals surface area contributed by atoms with Crippen molar-refractivity contribution in [1.29, 1.82) is 0 Å². The lowest BCUT2D eigenvalue weighted by Crippen LogP contribution is -2.43. The van der Waals surface area contributed by atoms with Gasteiger partial charge in [0.25, 0.3) is 0 Å². The predicted octanol–water partition coefficient (Wildman–Crippen LogP) is 2.45. The van der Waals surface area contributed by atoms with Crippen LogP contribution in [0.5, 0.6) is 0 Å². The van der Waals surface area contributed by atoms with Crippen molar-refractivity contribution in [2.24, 2.45) is 0 Å². The van der Waals surface area contributed by atoms with Gasteiger partial charge in [-0.3, -0.25) is 14.5 Å². The van der Waals surface area contributed by atoms with Gasteiger partial charge in [0.1, 0.15) is 5.82 Å². The van der Waals surface area contributed by atoms with Gasteiger partial charge in [0, 0.05) is 49.8 Å². The van der Waals surface area contributed by atoms with Crippen LogP contribution in [-0.4, -0.2) is 106 Å². The molecule has 0 aliphatic carbocycles. The van der Waals surface area contributed by atoms with Gasteiger partial charge in [0.2, 0.25) is 0 Å². The number of likely N-dealkylation sites (N-methyl/N-ethyl adjacent to an activating group) is 1. The molecule has 234 valence electrons. The summed E-state index contributed by atoms with van der Waals surface area (Å²) in [7, 11) is -1.15. The monoisotopic (exact) mass is 621 g/mol. The molecule has 14 heteroatoms. The molecular formula is C29H36FN3O9S. The van der Waals surface area contributed by atoms with Gasteiger partial charge in [-0.1, -0.05) is 24.3 Å². The van der Waals surface area contributed by atoms with Gasteiger partial charge in [-0.2, -0.15) is 0 Å². The van der Waals surface area contributed by atoms with E-state index in [-0.39, 0.29) is 11.6 Å².